The largest absolute Gasteiger partial charge is 0.506 e. The lowest BCUT2D eigenvalue weighted by atomic mass is 9.97. The summed E-state index contributed by atoms with van der Waals surface area (Å²) in [5.41, 5.74) is 1.75. The summed E-state index contributed by atoms with van der Waals surface area (Å²) < 4.78 is 5.16. The zero-order valence-corrected chi connectivity index (χ0v) is 13.4. The molecular formula is C18H22N2O3. The predicted molar refractivity (Wildman–Crippen MR) is 88.0 cm³/mol. The fourth-order valence-corrected chi connectivity index (χ4v) is 3.25. The molecule has 1 aromatic heterocycles. The van der Waals surface area contributed by atoms with Crippen molar-refractivity contribution in [3.8, 4) is 5.75 Å². The Balaban J connectivity index is 1.77. The third-order valence-electron chi connectivity index (χ3n) is 4.36. The van der Waals surface area contributed by atoms with Crippen LogP contribution >= 0.6 is 0 Å². The van der Waals surface area contributed by atoms with Crippen molar-refractivity contribution < 1.29 is 14.6 Å². The fourth-order valence-electron chi connectivity index (χ4n) is 3.25. The summed E-state index contributed by atoms with van der Waals surface area (Å²) >= 11 is 0. The molecule has 0 aliphatic carbocycles. The van der Waals surface area contributed by atoms with Gasteiger partial charge in [0.2, 0.25) is 0 Å². The normalized spacial score (nSPS) is 18.9. The first-order chi connectivity index (χ1) is 11.2. The van der Waals surface area contributed by atoms with Crippen molar-refractivity contribution in [3.05, 3.63) is 36.0 Å². The zero-order valence-electron chi connectivity index (χ0n) is 13.4. The van der Waals surface area contributed by atoms with E-state index in [1.54, 1.807) is 12.3 Å². The Morgan fingerprint density at radius 3 is 3.13 bits per heavy atom. The van der Waals surface area contributed by atoms with E-state index in [2.05, 4.69) is 9.88 Å². The van der Waals surface area contributed by atoms with Gasteiger partial charge in [-0.3, -0.25) is 14.7 Å². The zero-order chi connectivity index (χ0) is 16.2. The Bertz CT molecular complexity index is 702. The van der Waals surface area contributed by atoms with Gasteiger partial charge < -0.3 is 9.84 Å². The topological polar surface area (TPSA) is 62.7 Å². The van der Waals surface area contributed by atoms with Crippen LogP contribution in [0.1, 0.15) is 25.3 Å². The van der Waals surface area contributed by atoms with E-state index in [0.717, 1.165) is 43.4 Å². The first-order valence-electron chi connectivity index (χ1n) is 8.13. The van der Waals surface area contributed by atoms with Crippen molar-refractivity contribution in [2.75, 3.05) is 19.7 Å². The van der Waals surface area contributed by atoms with Crippen LogP contribution in [-0.4, -0.2) is 40.7 Å². The SMILES string of the molecule is CCOC(=O)[C@@H]1CCCN(Cc2ccc(O)c3ncccc23)C1. The molecule has 1 fully saturated rings. The summed E-state index contributed by atoms with van der Waals surface area (Å²) in [5.74, 6) is 0.0760. The highest BCUT2D eigenvalue weighted by atomic mass is 16.5. The van der Waals surface area contributed by atoms with Crippen LogP contribution in [0.3, 0.4) is 0 Å². The van der Waals surface area contributed by atoms with Crippen LogP contribution in [0.2, 0.25) is 0 Å². The molecule has 0 spiro atoms. The van der Waals surface area contributed by atoms with Gasteiger partial charge in [0.25, 0.3) is 0 Å². The average molecular weight is 314 g/mol. The van der Waals surface area contributed by atoms with E-state index in [0.29, 0.717) is 12.1 Å². The number of phenols is 1. The van der Waals surface area contributed by atoms with Crippen LogP contribution in [0.5, 0.6) is 5.75 Å². The number of fused-ring (bicyclic) bond motifs is 1. The van der Waals surface area contributed by atoms with E-state index in [9.17, 15) is 9.90 Å². The van der Waals surface area contributed by atoms with Gasteiger partial charge in [-0.25, -0.2) is 0 Å². The first kappa shape index (κ1) is 15.7. The van der Waals surface area contributed by atoms with Crippen LogP contribution in [0, 0.1) is 5.92 Å². The van der Waals surface area contributed by atoms with Crippen LogP contribution < -0.4 is 0 Å². The van der Waals surface area contributed by atoms with E-state index in [1.165, 1.54) is 0 Å². The Labute approximate surface area is 135 Å². The standard InChI is InChI=1S/C18H22N2O3/c1-2-23-18(22)14-5-4-10-20(12-14)11-13-7-8-16(21)17-15(13)6-3-9-19-17/h3,6-9,14,21H,2,4-5,10-12H2,1H3/t14-/m1/s1. The number of piperidine rings is 1. The monoisotopic (exact) mass is 314 g/mol. The lowest BCUT2D eigenvalue weighted by molar-refractivity contribution is -0.150. The number of hydrogen-bond acceptors (Lipinski definition) is 5. The number of rotatable bonds is 4. The number of ether oxygens (including phenoxy) is 1. The molecule has 1 saturated heterocycles. The number of pyridine rings is 1. The van der Waals surface area contributed by atoms with Crippen LogP contribution in [0.15, 0.2) is 30.5 Å². The molecule has 1 aliphatic heterocycles. The van der Waals surface area contributed by atoms with Gasteiger partial charge in [0, 0.05) is 24.7 Å². The van der Waals surface area contributed by atoms with Crippen molar-refractivity contribution >= 4 is 16.9 Å². The van der Waals surface area contributed by atoms with Crippen LogP contribution in [0.4, 0.5) is 0 Å². The molecular weight excluding hydrogens is 292 g/mol. The molecule has 1 aromatic carbocycles. The van der Waals surface area contributed by atoms with Gasteiger partial charge in [-0.2, -0.15) is 0 Å². The number of aromatic nitrogens is 1. The van der Waals surface area contributed by atoms with Crippen molar-refractivity contribution in [1.82, 2.24) is 9.88 Å². The maximum Gasteiger partial charge on any atom is 0.310 e. The molecule has 2 heterocycles. The molecule has 0 bridgehead atoms. The van der Waals surface area contributed by atoms with Gasteiger partial charge in [-0.1, -0.05) is 12.1 Å². The second-order valence-corrected chi connectivity index (χ2v) is 5.97. The maximum absolute atomic E-state index is 12.0. The van der Waals surface area contributed by atoms with E-state index in [4.69, 9.17) is 4.74 Å². The number of benzene rings is 1. The average Bonchev–Trinajstić information content (AvgIpc) is 2.58. The van der Waals surface area contributed by atoms with Gasteiger partial charge in [0.1, 0.15) is 11.3 Å². The Morgan fingerprint density at radius 1 is 1.43 bits per heavy atom. The first-order valence-corrected chi connectivity index (χ1v) is 8.13. The maximum atomic E-state index is 12.0. The molecule has 0 unspecified atom stereocenters. The smallest absolute Gasteiger partial charge is 0.310 e. The molecule has 0 amide bonds. The van der Waals surface area contributed by atoms with Crippen molar-refractivity contribution in [2.24, 2.45) is 5.92 Å². The number of nitrogens with zero attached hydrogens (tertiary/aromatic N) is 2. The van der Waals surface area contributed by atoms with Crippen molar-refractivity contribution in [2.45, 2.75) is 26.3 Å². The summed E-state index contributed by atoms with van der Waals surface area (Å²) in [5, 5.41) is 10.9. The van der Waals surface area contributed by atoms with Gasteiger partial charge in [-0.05, 0) is 44.0 Å². The van der Waals surface area contributed by atoms with Crippen molar-refractivity contribution in [3.63, 3.8) is 0 Å². The minimum Gasteiger partial charge on any atom is -0.506 e. The van der Waals surface area contributed by atoms with Gasteiger partial charge >= 0.3 is 5.97 Å². The molecule has 0 saturated carbocycles. The number of carbonyl (C=O) groups is 1. The Hall–Kier alpha value is -2.14. The molecule has 1 N–H and O–H groups in total. The molecule has 1 aliphatic rings. The minimum absolute atomic E-state index is 0.0368. The molecule has 0 radical (unpaired) electrons. The number of likely N-dealkylation sites (tertiary alicyclic amines) is 1. The molecule has 1 atom stereocenters. The summed E-state index contributed by atoms with van der Waals surface area (Å²) in [7, 11) is 0. The summed E-state index contributed by atoms with van der Waals surface area (Å²) in [4.78, 5) is 18.5. The quantitative estimate of drug-likeness (QED) is 0.879. The van der Waals surface area contributed by atoms with Crippen molar-refractivity contribution in [1.29, 1.82) is 0 Å². The number of hydrogen-bond donors (Lipinski definition) is 1. The highest BCUT2D eigenvalue weighted by molar-refractivity contribution is 5.87. The molecule has 5 heteroatoms. The second-order valence-electron chi connectivity index (χ2n) is 5.97. The number of carbonyl (C=O) groups excluding carboxylic acids is 1. The number of esters is 1. The van der Waals surface area contributed by atoms with Crippen LogP contribution in [-0.2, 0) is 16.1 Å². The van der Waals surface area contributed by atoms with E-state index in [1.807, 2.05) is 25.1 Å². The highest BCUT2D eigenvalue weighted by Crippen LogP contribution is 2.27. The molecule has 2 aromatic rings. The number of aromatic hydroxyl groups is 1. The second kappa shape index (κ2) is 6.96. The third kappa shape index (κ3) is 3.45. The Kier molecular flexibility index (Phi) is 4.76. The molecule has 5 nitrogen and oxygen atoms in total. The predicted octanol–water partition coefficient (Wildman–Crippen LogP) is 2.72. The van der Waals surface area contributed by atoms with Gasteiger partial charge in [-0.15, -0.1) is 0 Å². The van der Waals surface area contributed by atoms with Gasteiger partial charge in [0.05, 0.1) is 12.5 Å². The third-order valence-corrected chi connectivity index (χ3v) is 4.36. The Morgan fingerprint density at radius 2 is 2.30 bits per heavy atom. The molecule has 23 heavy (non-hydrogen) atoms. The van der Waals surface area contributed by atoms with E-state index < -0.39 is 0 Å². The summed E-state index contributed by atoms with van der Waals surface area (Å²) in [6, 6.07) is 7.48. The summed E-state index contributed by atoms with van der Waals surface area (Å²) in [6.07, 6.45) is 3.58. The molecule has 3 rings (SSSR count). The lowest BCUT2D eigenvalue weighted by Gasteiger charge is -2.31. The highest BCUT2D eigenvalue weighted by Gasteiger charge is 2.27. The van der Waals surface area contributed by atoms with Gasteiger partial charge in [0.15, 0.2) is 0 Å². The summed E-state index contributed by atoms with van der Waals surface area (Å²) in [6.45, 7) is 4.72. The fraction of sp³-hybridized carbons (Fsp3) is 0.444. The van der Waals surface area contributed by atoms with E-state index in [-0.39, 0.29) is 17.6 Å². The van der Waals surface area contributed by atoms with Crippen LogP contribution in [0.25, 0.3) is 10.9 Å². The number of phenolic OH excluding ortho intramolecular Hbond substituents is 1. The minimum atomic E-state index is -0.0885. The lowest BCUT2D eigenvalue weighted by Crippen LogP contribution is -2.38. The van der Waals surface area contributed by atoms with E-state index >= 15 is 0 Å². The molecule has 122 valence electrons.